The SMILES string of the molecule is NC(=O)C1Cn2c(=O)c(Br)c(Br)c(=O)n2C1. The Hall–Kier alpha value is -0.890. The van der Waals surface area contributed by atoms with Gasteiger partial charge in [-0.25, -0.2) is 9.36 Å². The number of rotatable bonds is 1. The number of hydrogen-bond acceptors (Lipinski definition) is 3. The molecule has 0 aliphatic carbocycles. The van der Waals surface area contributed by atoms with E-state index in [1.54, 1.807) is 0 Å². The molecule has 2 N–H and O–H groups in total. The van der Waals surface area contributed by atoms with Gasteiger partial charge in [0.25, 0.3) is 11.1 Å². The number of aromatic nitrogens is 2. The Kier molecular flexibility index (Phi) is 2.79. The first-order chi connectivity index (χ1) is 7.43. The Bertz CT molecular complexity index is 544. The smallest absolute Gasteiger partial charge is 0.280 e. The summed E-state index contributed by atoms with van der Waals surface area (Å²) in [5, 5.41) is 0. The summed E-state index contributed by atoms with van der Waals surface area (Å²) in [5.41, 5.74) is 4.46. The normalized spacial score (nSPS) is 15.1. The number of halogens is 2. The van der Waals surface area contributed by atoms with Crippen molar-refractivity contribution in [3.63, 3.8) is 0 Å². The van der Waals surface area contributed by atoms with E-state index in [-0.39, 0.29) is 33.2 Å². The maximum Gasteiger partial charge on any atom is 0.280 e. The zero-order valence-corrected chi connectivity index (χ0v) is 11.1. The molecule has 0 unspecified atom stereocenters. The van der Waals surface area contributed by atoms with Crippen LogP contribution in [-0.4, -0.2) is 15.3 Å². The minimum Gasteiger partial charge on any atom is -0.369 e. The minimum absolute atomic E-state index is 0.148. The van der Waals surface area contributed by atoms with E-state index in [9.17, 15) is 14.4 Å². The number of amides is 1. The van der Waals surface area contributed by atoms with Gasteiger partial charge in [0, 0.05) is 0 Å². The van der Waals surface area contributed by atoms with Crippen molar-refractivity contribution in [1.82, 2.24) is 9.36 Å². The van der Waals surface area contributed by atoms with Crippen molar-refractivity contribution in [2.24, 2.45) is 11.7 Å². The topological polar surface area (TPSA) is 87.1 Å². The molecule has 0 saturated carbocycles. The fraction of sp³-hybridized carbons (Fsp3) is 0.375. The maximum absolute atomic E-state index is 11.8. The fourth-order valence-electron chi connectivity index (χ4n) is 1.65. The quantitative estimate of drug-likeness (QED) is 0.749. The predicted octanol–water partition coefficient (Wildman–Crippen LogP) is -0.350. The van der Waals surface area contributed by atoms with Gasteiger partial charge in [-0.1, -0.05) is 0 Å². The molecule has 1 aromatic heterocycles. The van der Waals surface area contributed by atoms with Crippen LogP contribution in [0, 0.1) is 5.92 Å². The van der Waals surface area contributed by atoms with Gasteiger partial charge in [0.15, 0.2) is 0 Å². The summed E-state index contributed by atoms with van der Waals surface area (Å²) in [6.45, 7) is 0.296. The molecular formula is C8H7Br2N3O3. The van der Waals surface area contributed by atoms with Crippen LogP contribution >= 0.6 is 31.9 Å². The monoisotopic (exact) mass is 351 g/mol. The van der Waals surface area contributed by atoms with Gasteiger partial charge in [0.2, 0.25) is 5.91 Å². The summed E-state index contributed by atoms with van der Waals surface area (Å²) >= 11 is 6.06. The van der Waals surface area contributed by atoms with E-state index in [0.717, 1.165) is 0 Å². The summed E-state index contributed by atoms with van der Waals surface area (Å²) < 4.78 is 2.79. The zero-order chi connectivity index (χ0) is 12.0. The van der Waals surface area contributed by atoms with Crippen LogP contribution in [-0.2, 0) is 17.9 Å². The largest absolute Gasteiger partial charge is 0.369 e. The average molecular weight is 353 g/mol. The number of nitrogens with two attached hydrogens (primary N) is 1. The van der Waals surface area contributed by atoms with E-state index >= 15 is 0 Å². The van der Waals surface area contributed by atoms with Gasteiger partial charge in [-0.15, -0.1) is 0 Å². The third kappa shape index (κ3) is 1.56. The molecule has 0 saturated heterocycles. The van der Waals surface area contributed by atoms with Gasteiger partial charge < -0.3 is 5.73 Å². The molecule has 0 atom stereocenters. The Balaban J connectivity index is 2.67. The van der Waals surface area contributed by atoms with Crippen molar-refractivity contribution in [2.45, 2.75) is 13.1 Å². The van der Waals surface area contributed by atoms with E-state index in [2.05, 4.69) is 31.9 Å². The minimum atomic E-state index is -0.512. The van der Waals surface area contributed by atoms with E-state index in [4.69, 9.17) is 5.73 Å². The van der Waals surface area contributed by atoms with Crippen LogP contribution in [0.15, 0.2) is 18.5 Å². The lowest BCUT2D eigenvalue weighted by Crippen LogP contribution is -2.35. The number of hydrogen-bond donors (Lipinski definition) is 1. The lowest BCUT2D eigenvalue weighted by Gasteiger charge is -2.06. The highest BCUT2D eigenvalue weighted by Gasteiger charge is 2.29. The summed E-state index contributed by atoms with van der Waals surface area (Å²) in [5.74, 6) is -1.02. The van der Waals surface area contributed by atoms with Crippen molar-refractivity contribution in [3.05, 3.63) is 29.7 Å². The Morgan fingerprint density at radius 3 is 1.81 bits per heavy atom. The summed E-state index contributed by atoms with van der Waals surface area (Å²) in [6.07, 6.45) is 0. The molecule has 0 fully saturated rings. The highest BCUT2D eigenvalue weighted by molar-refractivity contribution is 9.13. The second-order valence-corrected chi connectivity index (χ2v) is 5.09. The van der Waals surface area contributed by atoms with Crippen molar-refractivity contribution in [2.75, 3.05) is 0 Å². The average Bonchev–Trinajstić information content (AvgIpc) is 2.68. The van der Waals surface area contributed by atoms with Gasteiger partial charge in [-0.2, -0.15) is 0 Å². The first kappa shape index (κ1) is 11.6. The molecule has 2 heterocycles. The molecule has 1 amide bonds. The molecule has 0 bridgehead atoms. The van der Waals surface area contributed by atoms with Crippen LogP contribution < -0.4 is 16.9 Å². The van der Waals surface area contributed by atoms with Crippen LogP contribution in [0.25, 0.3) is 0 Å². The summed E-state index contributed by atoms with van der Waals surface area (Å²) in [7, 11) is 0. The molecule has 0 radical (unpaired) electrons. The fourth-order valence-corrected chi connectivity index (χ4v) is 2.40. The van der Waals surface area contributed by atoms with Gasteiger partial charge in [0.1, 0.15) is 8.95 Å². The van der Waals surface area contributed by atoms with Gasteiger partial charge in [-0.05, 0) is 31.9 Å². The van der Waals surface area contributed by atoms with Crippen LogP contribution in [0.2, 0.25) is 0 Å². The molecule has 0 spiro atoms. The third-order valence-corrected chi connectivity index (χ3v) is 4.52. The Labute approximate surface area is 106 Å². The highest BCUT2D eigenvalue weighted by Crippen LogP contribution is 2.17. The molecule has 86 valence electrons. The summed E-state index contributed by atoms with van der Waals surface area (Å²) in [4.78, 5) is 34.6. The standard InChI is InChI=1S/C8H7Br2N3O3/c9-4-5(10)8(16)13-2-3(6(11)14)1-12(13)7(4)15/h3H,1-2H2,(H2,11,14). The number of fused-ring (bicyclic) bond motifs is 1. The van der Waals surface area contributed by atoms with Crippen LogP contribution in [0.1, 0.15) is 0 Å². The third-order valence-electron chi connectivity index (χ3n) is 2.52. The van der Waals surface area contributed by atoms with Crippen molar-refractivity contribution >= 4 is 37.8 Å². The first-order valence-electron chi connectivity index (χ1n) is 4.41. The molecule has 16 heavy (non-hydrogen) atoms. The maximum atomic E-state index is 11.8. The Morgan fingerprint density at radius 2 is 1.50 bits per heavy atom. The van der Waals surface area contributed by atoms with E-state index in [0.29, 0.717) is 0 Å². The molecule has 1 aliphatic heterocycles. The van der Waals surface area contributed by atoms with E-state index in [1.165, 1.54) is 9.36 Å². The molecule has 1 aromatic rings. The second-order valence-electron chi connectivity index (χ2n) is 3.50. The molecular weight excluding hydrogens is 346 g/mol. The van der Waals surface area contributed by atoms with Crippen molar-refractivity contribution in [1.29, 1.82) is 0 Å². The first-order valence-corrected chi connectivity index (χ1v) is 6.00. The second kappa shape index (κ2) is 3.85. The van der Waals surface area contributed by atoms with Crippen LogP contribution in [0.5, 0.6) is 0 Å². The predicted molar refractivity (Wildman–Crippen MR) is 63.0 cm³/mol. The lowest BCUT2D eigenvalue weighted by molar-refractivity contribution is -0.121. The van der Waals surface area contributed by atoms with Gasteiger partial charge >= 0.3 is 0 Å². The van der Waals surface area contributed by atoms with E-state index < -0.39 is 11.8 Å². The highest BCUT2D eigenvalue weighted by atomic mass is 79.9. The van der Waals surface area contributed by atoms with E-state index in [1.807, 2.05) is 0 Å². The number of primary amides is 1. The lowest BCUT2D eigenvalue weighted by atomic mass is 10.1. The van der Waals surface area contributed by atoms with Gasteiger partial charge in [-0.3, -0.25) is 14.4 Å². The summed E-state index contributed by atoms with van der Waals surface area (Å²) in [6, 6.07) is 0. The number of carbonyl (C=O) groups is 1. The molecule has 6 nitrogen and oxygen atoms in total. The molecule has 0 aromatic carbocycles. The van der Waals surface area contributed by atoms with Crippen molar-refractivity contribution in [3.8, 4) is 0 Å². The number of nitrogens with zero attached hydrogens (tertiary/aromatic N) is 2. The Morgan fingerprint density at radius 1 is 1.12 bits per heavy atom. The van der Waals surface area contributed by atoms with Crippen LogP contribution in [0.4, 0.5) is 0 Å². The molecule has 8 heteroatoms. The molecule has 2 rings (SSSR count). The number of carbonyl (C=O) groups excluding carboxylic acids is 1. The molecule has 1 aliphatic rings. The van der Waals surface area contributed by atoms with Gasteiger partial charge in [0.05, 0.1) is 19.0 Å². The zero-order valence-electron chi connectivity index (χ0n) is 7.94. The van der Waals surface area contributed by atoms with Crippen LogP contribution in [0.3, 0.4) is 0 Å². The van der Waals surface area contributed by atoms with Crippen molar-refractivity contribution < 1.29 is 4.79 Å².